The number of rotatable bonds is 2. The van der Waals surface area contributed by atoms with Crippen LogP contribution in [0.3, 0.4) is 0 Å². The van der Waals surface area contributed by atoms with E-state index in [-0.39, 0.29) is 0 Å². The van der Waals surface area contributed by atoms with Gasteiger partial charge in [0.25, 0.3) is 0 Å². The average molecular weight is 255 g/mol. The fourth-order valence-electron chi connectivity index (χ4n) is 3.80. The van der Waals surface area contributed by atoms with Crippen molar-refractivity contribution >= 4 is 5.69 Å². The second-order valence-electron chi connectivity index (χ2n) is 5.81. The molecule has 19 heavy (non-hydrogen) atoms. The molecule has 0 radical (unpaired) electrons. The summed E-state index contributed by atoms with van der Waals surface area (Å²) < 4.78 is 2.03. The lowest BCUT2D eigenvalue weighted by atomic mass is 9.95. The third kappa shape index (κ3) is 1.72. The van der Waals surface area contributed by atoms with Crippen LogP contribution in [0.4, 0.5) is 5.69 Å². The highest BCUT2D eigenvalue weighted by Gasteiger charge is 2.42. The van der Waals surface area contributed by atoms with E-state index in [0.717, 1.165) is 28.9 Å². The Hall–Kier alpha value is -1.91. The molecule has 2 aromatic rings. The van der Waals surface area contributed by atoms with Crippen LogP contribution in [-0.4, -0.2) is 20.2 Å². The van der Waals surface area contributed by atoms with Gasteiger partial charge in [-0.1, -0.05) is 18.6 Å². The van der Waals surface area contributed by atoms with E-state index in [1.54, 1.807) is 0 Å². The summed E-state index contributed by atoms with van der Waals surface area (Å²) in [6.07, 6.45) is 5.29. The molecule has 0 aliphatic heterocycles. The predicted molar refractivity (Wildman–Crippen MR) is 72.2 cm³/mol. The number of anilines is 1. The van der Waals surface area contributed by atoms with E-state index in [9.17, 15) is 0 Å². The molecule has 2 fully saturated rings. The Bertz CT molecular complexity index is 605. The van der Waals surface area contributed by atoms with Gasteiger partial charge in [0.1, 0.15) is 0 Å². The predicted octanol–water partition coefficient (Wildman–Crippen LogP) is 2.28. The van der Waals surface area contributed by atoms with Gasteiger partial charge in [-0.25, -0.2) is 4.68 Å². The Labute approximate surface area is 111 Å². The van der Waals surface area contributed by atoms with Crippen LogP contribution in [0.2, 0.25) is 0 Å². The molecule has 2 aliphatic rings. The van der Waals surface area contributed by atoms with Crippen LogP contribution in [0.15, 0.2) is 24.3 Å². The number of nitrogens with two attached hydrogens (primary N) is 1. The minimum atomic E-state index is 0.477. The van der Waals surface area contributed by atoms with E-state index in [2.05, 4.69) is 15.5 Å². The number of nitrogens with zero attached hydrogens (tertiary/aromatic N) is 4. The molecule has 3 atom stereocenters. The molecular weight excluding hydrogens is 238 g/mol. The lowest BCUT2D eigenvalue weighted by Gasteiger charge is -2.22. The minimum absolute atomic E-state index is 0.477. The molecule has 2 bridgehead atoms. The molecular formula is C14H17N5. The van der Waals surface area contributed by atoms with Gasteiger partial charge < -0.3 is 5.73 Å². The standard InChI is InChI=1S/C14H17N5/c15-12-3-1-2-11(8-12)14-16-17-18-19(14)13-7-9-4-5-10(13)6-9/h1-3,8-10,13H,4-7,15H2. The maximum Gasteiger partial charge on any atom is 0.182 e. The number of nitrogen functional groups attached to an aromatic ring is 1. The van der Waals surface area contributed by atoms with Crippen LogP contribution in [0, 0.1) is 11.8 Å². The highest BCUT2D eigenvalue weighted by atomic mass is 15.6. The molecule has 0 amide bonds. The summed E-state index contributed by atoms with van der Waals surface area (Å²) >= 11 is 0. The largest absolute Gasteiger partial charge is 0.399 e. The topological polar surface area (TPSA) is 69.6 Å². The Morgan fingerprint density at radius 3 is 2.89 bits per heavy atom. The lowest BCUT2D eigenvalue weighted by Crippen LogP contribution is -2.18. The van der Waals surface area contributed by atoms with E-state index in [4.69, 9.17) is 5.73 Å². The van der Waals surface area contributed by atoms with Crippen molar-refractivity contribution in [2.24, 2.45) is 11.8 Å². The molecule has 2 aliphatic carbocycles. The molecule has 5 nitrogen and oxygen atoms in total. The zero-order chi connectivity index (χ0) is 12.8. The third-order valence-electron chi connectivity index (χ3n) is 4.65. The maximum atomic E-state index is 5.85. The summed E-state index contributed by atoms with van der Waals surface area (Å²) in [5.74, 6) is 2.49. The highest BCUT2D eigenvalue weighted by molar-refractivity contribution is 5.60. The Kier molecular flexibility index (Phi) is 2.33. The first-order chi connectivity index (χ1) is 9.31. The van der Waals surface area contributed by atoms with Gasteiger partial charge in [-0.2, -0.15) is 0 Å². The van der Waals surface area contributed by atoms with E-state index in [1.165, 1.54) is 25.7 Å². The molecule has 1 heterocycles. The van der Waals surface area contributed by atoms with E-state index in [0.29, 0.717) is 6.04 Å². The van der Waals surface area contributed by atoms with Gasteiger partial charge in [0, 0.05) is 11.3 Å². The normalized spacial score (nSPS) is 28.9. The third-order valence-corrected chi connectivity index (χ3v) is 4.65. The van der Waals surface area contributed by atoms with E-state index < -0.39 is 0 Å². The van der Waals surface area contributed by atoms with Crippen molar-refractivity contribution in [3.63, 3.8) is 0 Å². The molecule has 2 saturated carbocycles. The first-order valence-corrected chi connectivity index (χ1v) is 6.95. The number of tetrazole rings is 1. The molecule has 5 heteroatoms. The zero-order valence-electron chi connectivity index (χ0n) is 10.7. The molecule has 3 unspecified atom stereocenters. The highest BCUT2D eigenvalue weighted by Crippen LogP contribution is 2.51. The first kappa shape index (κ1) is 11.0. The number of hydrogen-bond donors (Lipinski definition) is 1. The van der Waals surface area contributed by atoms with Gasteiger partial charge in [-0.05, 0) is 53.7 Å². The molecule has 1 aromatic carbocycles. The second-order valence-corrected chi connectivity index (χ2v) is 5.81. The lowest BCUT2D eigenvalue weighted by molar-refractivity contribution is 0.304. The van der Waals surface area contributed by atoms with Crippen LogP contribution in [-0.2, 0) is 0 Å². The van der Waals surface area contributed by atoms with Gasteiger partial charge in [0.15, 0.2) is 5.82 Å². The van der Waals surface area contributed by atoms with Gasteiger partial charge in [0.2, 0.25) is 0 Å². The molecule has 0 saturated heterocycles. The second kappa shape index (κ2) is 4.05. The maximum absolute atomic E-state index is 5.85. The number of fused-ring (bicyclic) bond motifs is 2. The summed E-state index contributed by atoms with van der Waals surface area (Å²) in [6, 6.07) is 8.27. The number of benzene rings is 1. The molecule has 1 aromatic heterocycles. The Morgan fingerprint density at radius 2 is 2.16 bits per heavy atom. The number of hydrogen-bond acceptors (Lipinski definition) is 4. The monoisotopic (exact) mass is 255 g/mol. The zero-order valence-corrected chi connectivity index (χ0v) is 10.7. The van der Waals surface area contributed by atoms with Crippen LogP contribution >= 0.6 is 0 Å². The first-order valence-electron chi connectivity index (χ1n) is 6.95. The Morgan fingerprint density at radius 1 is 1.21 bits per heavy atom. The van der Waals surface area contributed by atoms with Gasteiger partial charge in [0.05, 0.1) is 6.04 Å². The van der Waals surface area contributed by atoms with Gasteiger partial charge in [-0.3, -0.25) is 0 Å². The van der Waals surface area contributed by atoms with Crippen molar-refractivity contribution in [2.75, 3.05) is 5.73 Å². The molecule has 4 rings (SSSR count). The van der Waals surface area contributed by atoms with Gasteiger partial charge in [-0.15, -0.1) is 5.10 Å². The van der Waals surface area contributed by atoms with Crippen molar-refractivity contribution in [1.29, 1.82) is 0 Å². The average Bonchev–Trinajstić information content (AvgIpc) is 3.14. The van der Waals surface area contributed by atoms with Crippen LogP contribution < -0.4 is 5.73 Å². The molecule has 2 N–H and O–H groups in total. The summed E-state index contributed by atoms with van der Waals surface area (Å²) in [7, 11) is 0. The van der Waals surface area contributed by atoms with Crippen molar-refractivity contribution < 1.29 is 0 Å². The molecule has 0 spiro atoms. The summed E-state index contributed by atoms with van der Waals surface area (Å²) in [6.45, 7) is 0. The fraction of sp³-hybridized carbons (Fsp3) is 0.500. The van der Waals surface area contributed by atoms with Crippen LogP contribution in [0.1, 0.15) is 31.7 Å². The van der Waals surface area contributed by atoms with Crippen molar-refractivity contribution in [3.05, 3.63) is 24.3 Å². The van der Waals surface area contributed by atoms with E-state index >= 15 is 0 Å². The van der Waals surface area contributed by atoms with Crippen LogP contribution in [0.25, 0.3) is 11.4 Å². The SMILES string of the molecule is Nc1cccc(-c2nnnn2C2CC3CCC2C3)c1. The van der Waals surface area contributed by atoms with Crippen LogP contribution in [0.5, 0.6) is 0 Å². The smallest absolute Gasteiger partial charge is 0.182 e. The Balaban J connectivity index is 1.73. The number of aromatic nitrogens is 4. The van der Waals surface area contributed by atoms with Crippen molar-refractivity contribution in [2.45, 2.75) is 31.7 Å². The minimum Gasteiger partial charge on any atom is -0.399 e. The molecule has 98 valence electrons. The fourth-order valence-corrected chi connectivity index (χ4v) is 3.80. The van der Waals surface area contributed by atoms with Gasteiger partial charge >= 0.3 is 0 Å². The van der Waals surface area contributed by atoms with E-state index in [1.807, 2.05) is 28.9 Å². The summed E-state index contributed by atoms with van der Waals surface area (Å²) in [5.41, 5.74) is 7.61. The summed E-state index contributed by atoms with van der Waals surface area (Å²) in [4.78, 5) is 0. The summed E-state index contributed by atoms with van der Waals surface area (Å²) in [5, 5.41) is 12.3. The quantitative estimate of drug-likeness (QED) is 0.836. The van der Waals surface area contributed by atoms with Crippen molar-refractivity contribution in [3.8, 4) is 11.4 Å². The van der Waals surface area contributed by atoms with Crippen molar-refractivity contribution in [1.82, 2.24) is 20.2 Å².